The lowest BCUT2D eigenvalue weighted by molar-refractivity contribution is -0.131. The SMILES string of the molecule is O=C(NCCc1ccc(Cl)cc1)[C@H]1CC(c2ccncc2)=NO1. The molecule has 1 amide bonds. The van der Waals surface area contributed by atoms with E-state index in [1.807, 2.05) is 36.4 Å². The summed E-state index contributed by atoms with van der Waals surface area (Å²) in [6.07, 6.45) is 4.03. The first-order chi connectivity index (χ1) is 11.2. The highest BCUT2D eigenvalue weighted by atomic mass is 35.5. The molecule has 0 saturated carbocycles. The second-order valence-electron chi connectivity index (χ2n) is 5.24. The lowest BCUT2D eigenvalue weighted by atomic mass is 10.1. The fourth-order valence-electron chi connectivity index (χ4n) is 2.33. The van der Waals surface area contributed by atoms with Gasteiger partial charge in [0.05, 0.1) is 5.71 Å². The van der Waals surface area contributed by atoms with E-state index in [0.29, 0.717) is 18.0 Å². The molecule has 0 fully saturated rings. The van der Waals surface area contributed by atoms with E-state index in [2.05, 4.69) is 15.5 Å². The Morgan fingerprint density at radius 2 is 1.96 bits per heavy atom. The Morgan fingerprint density at radius 1 is 1.22 bits per heavy atom. The zero-order valence-electron chi connectivity index (χ0n) is 12.4. The van der Waals surface area contributed by atoms with Crippen LogP contribution in [0, 0.1) is 0 Å². The van der Waals surface area contributed by atoms with Gasteiger partial charge in [0.15, 0.2) is 0 Å². The number of amides is 1. The maximum atomic E-state index is 12.1. The fraction of sp³-hybridized carbons (Fsp3) is 0.235. The maximum Gasteiger partial charge on any atom is 0.264 e. The van der Waals surface area contributed by atoms with Crippen molar-refractivity contribution in [3.63, 3.8) is 0 Å². The quantitative estimate of drug-likeness (QED) is 0.917. The van der Waals surface area contributed by atoms with Crippen molar-refractivity contribution in [1.29, 1.82) is 0 Å². The molecule has 2 heterocycles. The van der Waals surface area contributed by atoms with Gasteiger partial charge in [-0.05, 0) is 36.2 Å². The second kappa shape index (κ2) is 7.24. The molecule has 1 atom stereocenters. The van der Waals surface area contributed by atoms with Gasteiger partial charge in [-0.15, -0.1) is 0 Å². The van der Waals surface area contributed by atoms with E-state index < -0.39 is 6.10 Å². The molecular formula is C17H16ClN3O2. The van der Waals surface area contributed by atoms with Crippen LogP contribution >= 0.6 is 11.6 Å². The normalized spacial score (nSPS) is 16.6. The van der Waals surface area contributed by atoms with Gasteiger partial charge in [0.25, 0.3) is 5.91 Å². The largest absolute Gasteiger partial charge is 0.382 e. The molecule has 0 saturated heterocycles. The maximum absolute atomic E-state index is 12.1. The average molecular weight is 330 g/mol. The van der Waals surface area contributed by atoms with Crippen LogP contribution in [0.15, 0.2) is 53.9 Å². The lowest BCUT2D eigenvalue weighted by Crippen LogP contribution is -2.36. The number of halogens is 1. The number of pyridine rings is 1. The molecule has 6 heteroatoms. The Balaban J connectivity index is 1.46. The summed E-state index contributed by atoms with van der Waals surface area (Å²) in [6.45, 7) is 0.547. The third kappa shape index (κ3) is 4.07. The monoisotopic (exact) mass is 329 g/mol. The van der Waals surface area contributed by atoms with E-state index in [1.165, 1.54) is 0 Å². The van der Waals surface area contributed by atoms with Gasteiger partial charge in [0.2, 0.25) is 6.10 Å². The molecule has 1 N–H and O–H groups in total. The molecule has 2 aromatic rings. The van der Waals surface area contributed by atoms with Crippen molar-refractivity contribution in [2.45, 2.75) is 18.9 Å². The van der Waals surface area contributed by atoms with E-state index >= 15 is 0 Å². The highest BCUT2D eigenvalue weighted by Crippen LogP contribution is 2.16. The molecule has 0 radical (unpaired) electrons. The van der Waals surface area contributed by atoms with Crippen LogP contribution in [-0.4, -0.2) is 29.3 Å². The molecule has 0 bridgehead atoms. The van der Waals surface area contributed by atoms with Gasteiger partial charge in [-0.25, -0.2) is 0 Å². The summed E-state index contributed by atoms with van der Waals surface area (Å²) < 4.78 is 0. The standard InChI is InChI=1S/C17H16ClN3O2/c18-14-3-1-12(2-4-14)5-10-20-17(22)16-11-15(21-23-16)13-6-8-19-9-7-13/h1-4,6-9,16H,5,10-11H2,(H,20,22)/t16-/m1/s1. The topological polar surface area (TPSA) is 63.6 Å². The number of nitrogens with one attached hydrogen (secondary N) is 1. The van der Waals surface area contributed by atoms with Crippen LogP contribution in [0.2, 0.25) is 5.02 Å². The number of benzene rings is 1. The minimum absolute atomic E-state index is 0.147. The van der Waals surface area contributed by atoms with Gasteiger partial charge in [0.1, 0.15) is 0 Å². The van der Waals surface area contributed by atoms with Crippen molar-refractivity contribution < 1.29 is 9.63 Å². The zero-order chi connectivity index (χ0) is 16.1. The minimum Gasteiger partial charge on any atom is -0.382 e. The van der Waals surface area contributed by atoms with E-state index in [0.717, 1.165) is 23.3 Å². The summed E-state index contributed by atoms with van der Waals surface area (Å²) in [7, 11) is 0. The van der Waals surface area contributed by atoms with Crippen molar-refractivity contribution in [2.24, 2.45) is 5.16 Å². The molecule has 23 heavy (non-hydrogen) atoms. The summed E-state index contributed by atoms with van der Waals surface area (Å²) >= 11 is 5.84. The number of carbonyl (C=O) groups is 1. The van der Waals surface area contributed by atoms with Crippen molar-refractivity contribution in [3.8, 4) is 0 Å². The van der Waals surface area contributed by atoms with Crippen LogP contribution < -0.4 is 5.32 Å². The molecule has 0 unspecified atom stereocenters. The lowest BCUT2D eigenvalue weighted by Gasteiger charge is -2.09. The summed E-state index contributed by atoms with van der Waals surface area (Å²) in [5.41, 5.74) is 2.82. The van der Waals surface area contributed by atoms with E-state index in [4.69, 9.17) is 16.4 Å². The number of nitrogens with zero attached hydrogens (tertiary/aromatic N) is 2. The average Bonchev–Trinajstić information content (AvgIpc) is 3.07. The summed E-state index contributed by atoms with van der Waals surface area (Å²) in [6, 6.07) is 11.3. The molecule has 0 aliphatic carbocycles. The first-order valence-electron chi connectivity index (χ1n) is 7.37. The first-order valence-corrected chi connectivity index (χ1v) is 7.75. The number of carbonyl (C=O) groups excluding carboxylic acids is 1. The molecule has 118 valence electrons. The Labute approximate surface area is 139 Å². The van der Waals surface area contributed by atoms with Crippen molar-refractivity contribution in [2.75, 3.05) is 6.54 Å². The number of aromatic nitrogens is 1. The first kappa shape index (κ1) is 15.5. The van der Waals surface area contributed by atoms with Crippen LogP contribution in [0.1, 0.15) is 17.5 Å². The van der Waals surface area contributed by atoms with Crippen LogP contribution in [-0.2, 0) is 16.1 Å². The highest BCUT2D eigenvalue weighted by Gasteiger charge is 2.28. The third-order valence-electron chi connectivity index (χ3n) is 3.60. The van der Waals surface area contributed by atoms with Gasteiger partial charge >= 0.3 is 0 Å². The van der Waals surface area contributed by atoms with Gasteiger partial charge < -0.3 is 10.2 Å². The second-order valence-corrected chi connectivity index (χ2v) is 5.68. The van der Waals surface area contributed by atoms with Gasteiger partial charge in [-0.1, -0.05) is 28.9 Å². The summed E-state index contributed by atoms with van der Waals surface area (Å²) in [5, 5.41) is 7.58. The van der Waals surface area contributed by atoms with Crippen molar-refractivity contribution >= 4 is 23.2 Å². The Bertz CT molecular complexity index is 702. The van der Waals surface area contributed by atoms with Crippen LogP contribution in [0.25, 0.3) is 0 Å². The van der Waals surface area contributed by atoms with E-state index in [9.17, 15) is 4.79 Å². The van der Waals surface area contributed by atoms with Crippen molar-refractivity contribution in [3.05, 3.63) is 64.9 Å². The van der Waals surface area contributed by atoms with Gasteiger partial charge in [0, 0.05) is 35.9 Å². The molecule has 1 aliphatic heterocycles. The number of rotatable bonds is 5. The van der Waals surface area contributed by atoms with Crippen LogP contribution in [0.5, 0.6) is 0 Å². The zero-order valence-corrected chi connectivity index (χ0v) is 13.2. The number of oxime groups is 1. The summed E-state index contributed by atoms with van der Waals surface area (Å²) in [5.74, 6) is -0.147. The van der Waals surface area contributed by atoms with Crippen molar-refractivity contribution in [1.82, 2.24) is 10.3 Å². The number of hydrogen-bond acceptors (Lipinski definition) is 4. The Kier molecular flexibility index (Phi) is 4.88. The smallest absolute Gasteiger partial charge is 0.264 e. The molecule has 1 aliphatic rings. The summed E-state index contributed by atoms with van der Waals surface area (Å²) in [4.78, 5) is 21.3. The van der Waals surface area contributed by atoms with E-state index in [-0.39, 0.29) is 5.91 Å². The minimum atomic E-state index is -0.566. The molecule has 5 nitrogen and oxygen atoms in total. The fourth-order valence-corrected chi connectivity index (χ4v) is 2.45. The van der Waals surface area contributed by atoms with Gasteiger partial charge in [-0.3, -0.25) is 9.78 Å². The molecule has 3 rings (SSSR count). The molecule has 1 aromatic heterocycles. The number of hydrogen-bond donors (Lipinski definition) is 1. The molecular weight excluding hydrogens is 314 g/mol. The molecule has 1 aromatic carbocycles. The Hall–Kier alpha value is -2.40. The van der Waals surface area contributed by atoms with E-state index in [1.54, 1.807) is 12.4 Å². The van der Waals surface area contributed by atoms with Crippen LogP contribution in [0.3, 0.4) is 0 Å². The predicted molar refractivity (Wildman–Crippen MR) is 88.4 cm³/mol. The Morgan fingerprint density at radius 3 is 2.70 bits per heavy atom. The third-order valence-corrected chi connectivity index (χ3v) is 3.85. The molecule has 0 spiro atoms. The van der Waals surface area contributed by atoms with Crippen LogP contribution in [0.4, 0.5) is 0 Å². The van der Waals surface area contributed by atoms with Gasteiger partial charge in [-0.2, -0.15) is 0 Å². The highest BCUT2D eigenvalue weighted by molar-refractivity contribution is 6.30. The predicted octanol–water partition coefficient (Wildman–Crippen LogP) is 2.59.